The molecule has 4 N–H and O–H groups in total. The Balaban J connectivity index is 0.000000140. The van der Waals surface area contributed by atoms with Crippen LogP contribution in [0.3, 0.4) is 0 Å². The largest absolute Gasteiger partial charge is 0.392 e. The van der Waals surface area contributed by atoms with Gasteiger partial charge < -0.3 is 21.1 Å². The summed E-state index contributed by atoms with van der Waals surface area (Å²) in [5, 5.41) is 22.3. The molecule has 0 unspecified atom stereocenters. The molecule has 4 aliphatic rings. The summed E-state index contributed by atoms with van der Waals surface area (Å²) in [4.78, 5) is 61.5. The first-order chi connectivity index (χ1) is 36.6. The fourth-order valence-electron chi connectivity index (χ4n) is 8.64. The van der Waals surface area contributed by atoms with Gasteiger partial charge >= 0.3 is 0 Å². The van der Waals surface area contributed by atoms with Crippen LogP contribution in [0.15, 0.2) is 140 Å². The second-order valence-corrected chi connectivity index (χ2v) is 18.8. The van der Waals surface area contributed by atoms with E-state index < -0.39 is 29.3 Å². The SMILES string of the molecule is C.O=C1C=CC(=O)N1Cc1cc(-c2ccc3ncnc(NC4CC4)c3c2)ccc1F.O=Cc1cc(-c2ccc3ncnc(NC4CC4)c3c2)ccc1F.OCc1cc(-c2ccc3ncnc(NC4CC4)c3c2)ccc1F.[2HH]. The van der Waals surface area contributed by atoms with E-state index in [1.54, 1.807) is 55.4 Å². The lowest BCUT2D eigenvalue weighted by Crippen LogP contribution is -2.29. The van der Waals surface area contributed by atoms with Gasteiger partial charge in [-0.2, -0.15) is 0 Å². The number of carbonyl (C=O) groups is 3. The number of hydrogen-bond donors (Lipinski definition) is 4. The van der Waals surface area contributed by atoms with E-state index in [1.165, 1.54) is 43.2 Å². The topological polar surface area (TPSA) is 188 Å². The number of nitrogens with zero attached hydrogens (tertiary/aromatic N) is 7. The second kappa shape index (κ2) is 21.9. The Morgan fingerprint density at radius 3 is 1.25 bits per heavy atom. The third-order valence-corrected chi connectivity index (χ3v) is 13.3. The molecule has 9 aromatic rings. The number of aliphatic hydroxyl groups is 1. The zero-order chi connectivity index (χ0) is 51.6. The van der Waals surface area contributed by atoms with Crippen LogP contribution >= 0.6 is 0 Å². The standard InChI is InChI=1S/C22H17FN4O2.C18H16FN3O.C18H14FN3O.CH4.H2/c23-18-5-1-13(9-15(18)11-27-20(28)7-8-21(27)29)14-2-6-19-17(10-14)22(25-12-24-19)26-16-3-4-16;2*19-16-5-1-11(7-13(16)9-23)12-2-6-17-15(8-12)18(21-10-20-17)22-14-3-4-14;;/h1-2,5-10,12,16H,3-4,11H2,(H,24,25,26);1-2,5-8,10,14,23H,3-4,9H2,(H,20,21,22);1-2,5-10,14H,3-4H2,(H,20,21,22);1H4;1H/i;;;;1+1. The van der Waals surface area contributed by atoms with Crippen LogP contribution in [-0.4, -0.2) is 76.1 Å². The van der Waals surface area contributed by atoms with Gasteiger partial charge in [0, 0.05) is 59.0 Å². The molecule has 3 saturated carbocycles. The number of aromatic nitrogens is 6. The fraction of sp³-hybridized carbons (Fsp3) is 0.203. The van der Waals surface area contributed by atoms with Gasteiger partial charge in [0.05, 0.1) is 35.3 Å². The van der Waals surface area contributed by atoms with Crippen LogP contribution in [-0.2, 0) is 22.7 Å². The minimum absolute atomic E-state index is 0. The van der Waals surface area contributed by atoms with Gasteiger partial charge in [0.25, 0.3) is 11.8 Å². The van der Waals surface area contributed by atoms with E-state index in [2.05, 4.69) is 45.9 Å². The van der Waals surface area contributed by atoms with Gasteiger partial charge in [0.15, 0.2) is 6.29 Å². The maximum absolute atomic E-state index is 14.4. The number of carbonyl (C=O) groups excluding carboxylic acids is 3. The van der Waals surface area contributed by atoms with Crippen LogP contribution in [0.25, 0.3) is 66.1 Å². The van der Waals surface area contributed by atoms with Crippen molar-refractivity contribution in [3.63, 3.8) is 0 Å². The third-order valence-electron chi connectivity index (χ3n) is 13.3. The summed E-state index contributed by atoms with van der Waals surface area (Å²) in [6, 6.07) is 33.0. The number of anilines is 3. The van der Waals surface area contributed by atoms with Crippen LogP contribution < -0.4 is 16.0 Å². The zero-order valence-electron chi connectivity index (χ0n) is 40.2. The summed E-state index contributed by atoms with van der Waals surface area (Å²) in [5.74, 6) is 0.223. The number of imide groups is 1. The van der Waals surface area contributed by atoms with E-state index in [-0.39, 0.29) is 33.1 Å². The van der Waals surface area contributed by atoms with E-state index in [0.717, 1.165) is 114 Å². The van der Waals surface area contributed by atoms with Crippen molar-refractivity contribution in [2.75, 3.05) is 16.0 Å². The van der Waals surface area contributed by atoms with Crippen LogP contribution in [0.4, 0.5) is 30.6 Å². The van der Waals surface area contributed by atoms with Gasteiger partial charge in [0.1, 0.15) is 53.9 Å². The van der Waals surface area contributed by atoms with Crippen LogP contribution in [0.5, 0.6) is 0 Å². The summed E-state index contributed by atoms with van der Waals surface area (Å²) in [7, 11) is 0. The molecule has 4 heterocycles. The molecule has 3 aromatic heterocycles. The lowest BCUT2D eigenvalue weighted by Gasteiger charge is -2.15. The Bertz CT molecular complexity index is 3720. The molecular formula is C59H53F3N10O4. The summed E-state index contributed by atoms with van der Waals surface area (Å²) < 4.78 is 41.4. The zero-order valence-corrected chi connectivity index (χ0v) is 40.2. The van der Waals surface area contributed by atoms with Crippen molar-refractivity contribution in [1.82, 2.24) is 34.8 Å². The highest BCUT2D eigenvalue weighted by Crippen LogP contribution is 2.35. The first kappa shape index (κ1) is 50.6. The van der Waals surface area contributed by atoms with Gasteiger partial charge in [0.2, 0.25) is 0 Å². The number of amides is 2. The Morgan fingerprint density at radius 1 is 0.500 bits per heavy atom. The number of aliphatic hydroxyl groups excluding tert-OH is 1. The third kappa shape index (κ3) is 11.4. The molecule has 13 rings (SSSR count). The minimum Gasteiger partial charge on any atom is -0.392 e. The van der Waals surface area contributed by atoms with Crippen LogP contribution in [0, 0.1) is 17.5 Å². The molecule has 14 nitrogen and oxygen atoms in total. The summed E-state index contributed by atoms with van der Waals surface area (Å²) in [5.41, 5.74) is 8.35. The molecule has 0 radical (unpaired) electrons. The molecule has 6 aromatic carbocycles. The average molecular weight is 1020 g/mol. The van der Waals surface area contributed by atoms with Crippen molar-refractivity contribution in [3.8, 4) is 33.4 Å². The average Bonchev–Trinajstić information content (AvgIpc) is 4.33. The van der Waals surface area contributed by atoms with E-state index in [9.17, 15) is 32.7 Å². The molecule has 17 heteroatoms. The second-order valence-electron chi connectivity index (χ2n) is 18.8. The van der Waals surface area contributed by atoms with Crippen molar-refractivity contribution in [2.24, 2.45) is 0 Å². The Hall–Kier alpha value is -8.96. The number of hydrogen-bond acceptors (Lipinski definition) is 13. The number of rotatable bonds is 13. The monoisotopic (exact) mass is 1020 g/mol. The fourth-order valence-corrected chi connectivity index (χ4v) is 8.64. The highest BCUT2D eigenvalue weighted by Gasteiger charge is 2.26. The van der Waals surface area contributed by atoms with Gasteiger partial charge in [-0.1, -0.05) is 43.8 Å². The molecule has 0 atom stereocenters. The van der Waals surface area contributed by atoms with Gasteiger partial charge in [-0.3, -0.25) is 19.3 Å². The van der Waals surface area contributed by atoms with E-state index in [0.29, 0.717) is 30.0 Å². The van der Waals surface area contributed by atoms with Crippen LogP contribution in [0.2, 0.25) is 0 Å². The summed E-state index contributed by atoms with van der Waals surface area (Å²) in [6.07, 6.45) is 14.5. The maximum atomic E-state index is 14.4. The summed E-state index contributed by atoms with van der Waals surface area (Å²) in [6.45, 7) is -0.416. The lowest BCUT2D eigenvalue weighted by molar-refractivity contribution is -0.137. The Morgan fingerprint density at radius 2 is 0.855 bits per heavy atom. The van der Waals surface area contributed by atoms with Crippen molar-refractivity contribution >= 4 is 68.3 Å². The molecule has 0 bridgehead atoms. The molecule has 3 aliphatic carbocycles. The van der Waals surface area contributed by atoms with Crippen molar-refractivity contribution in [3.05, 3.63) is 174 Å². The number of nitrogens with one attached hydrogen (secondary N) is 3. The maximum Gasteiger partial charge on any atom is 0.253 e. The van der Waals surface area contributed by atoms with Gasteiger partial charge in [-0.25, -0.2) is 43.1 Å². The molecule has 76 heavy (non-hydrogen) atoms. The van der Waals surface area contributed by atoms with Crippen molar-refractivity contribution < 1.29 is 34.1 Å². The molecule has 384 valence electrons. The lowest BCUT2D eigenvalue weighted by atomic mass is 10.0. The quantitative estimate of drug-likeness (QED) is 0.0631. The minimum atomic E-state index is -0.510. The highest BCUT2D eigenvalue weighted by molar-refractivity contribution is 6.12. The first-order valence-corrected chi connectivity index (χ1v) is 24.6. The number of aldehydes is 1. The predicted octanol–water partition coefficient (Wildman–Crippen LogP) is 11.6. The Labute approximate surface area is 436 Å². The molecule has 3 fully saturated rings. The van der Waals surface area contributed by atoms with E-state index in [1.807, 2.05) is 54.6 Å². The molecule has 1 aliphatic heterocycles. The normalized spacial score (nSPS) is 14.7. The van der Waals surface area contributed by atoms with Crippen LogP contribution in [0.1, 0.15) is 68.9 Å². The Kier molecular flexibility index (Phi) is 14.5. The number of fused-ring (bicyclic) bond motifs is 3. The molecule has 0 spiro atoms. The molecular weight excluding hydrogens is 970 g/mol. The smallest absolute Gasteiger partial charge is 0.253 e. The molecule has 2 amide bonds. The first-order valence-electron chi connectivity index (χ1n) is 24.6. The number of halogens is 3. The van der Waals surface area contributed by atoms with Gasteiger partial charge in [-0.15, -0.1) is 0 Å². The van der Waals surface area contributed by atoms with E-state index in [4.69, 9.17) is 0 Å². The van der Waals surface area contributed by atoms with E-state index >= 15 is 0 Å². The van der Waals surface area contributed by atoms with Gasteiger partial charge in [-0.05, 0) is 145 Å². The van der Waals surface area contributed by atoms with Crippen molar-refractivity contribution in [1.29, 1.82) is 0 Å². The molecule has 0 saturated heterocycles. The number of benzene rings is 6. The van der Waals surface area contributed by atoms with Crippen molar-refractivity contribution in [2.45, 2.75) is 77.2 Å². The predicted molar refractivity (Wildman–Crippen MR) is 290 cm³/mol. The highest BCUT2D eigenvalue weighted by atomic mass is 19.1. The summed E-state index contributed by atoms with van der Waals surface area (Å²) >= 11 is 0.